The summed E-state index contributed by atoms with van der Waals surface area (Å²) in [6, 6.07) is 0. The Balaban J connectivity index is 2.44. The predicted molar refractivity (Wildman–Crippen MR) is 76.7 cm³/mol. The Hall–Kier alpha value is -1.06. The fraction of sp³-hybridized carbons (Fsp3) is 0.867. The second-order valence-corrected chi connectivity index (χ2v) is 5.66. The first-order valence-electron chi connectivity index (χ1n) is 7.56. The highest BCUT2D eigenvalue weighted by atomic mass is 16.2. The summed E-state index contributed by atoms with van der Waals surface area (Å²) in [7, 11) is 1.60. The van der Waals surface area contributed by atoms with E-state index in [4.69, 9.17) is 0 Å². The standard InChI is InChI=1S/C15H28N2O2/c1-4-17(11-14(18)16-3)15(19)10-12(2)13-8-6-5-7-9-13/h12-13H,4-11H2,1-3H3,(H,16,18)/t12-/m0/s1. The lowest BCUT2D eigenvalue weighted by molar-refractivity contribution is -0.136. The normalized spacial score (nSPS) is 17.8. The van der Waals surface area contributed by atoms with Crippen molar-refractivity contribution in [2.75, 3.05) is 20.1 Å². The van der Waals surface area contributed by atoms with E-state index in [1.165, 1.54) is 32.1 Å². The molecule has 0 aromatic heterocycles. The summed E-state index contributed by atoms with van der Waals surface area (Å²) in [5.74, 6) is 1.15. The van der Waals surface area contributed by atoms with E-state index in [9.17, 15) is 9.59 Å². The highest BCUT2D eigenvalue weighted by molar-refractivity contribution is 5.84. The monoisotopic (exact) mass is 268 g/mol. The number of nitrogens with one attached hydrogen (secondary N) is 1. The molecule has 0 unspecified atom stereocenters. The number of carbonyl (C=O) groups is 2. The van der Waals surface area contributed by atoms with Crippen LogP contribution in [0.2, 0.25) is 0 Å². The van der Waals surface area contributed by atoms with Crippen molar-refractivity contribution in [3.63, 3.8) is 0 Å². The summed E-state index contributed by atoms with van der Waals surface area (Å²) in [4.78, 5) is 25.2. The fourth-order valence-corrected chi connectivity index (χ4v) is 2.90. The summed E-state index contributed by atoms with van der Waals surface area (Å²) in [5.41, 5.74) is 0. The molecule has 1 rings (SSSR count). The minimum absolute atomic E-state index is 0.0967. The molecule has 0 heterocycles. The highest BCUT2D eigenvalue weighted by Gasteiger charge is 2.24. The molecular formula is C15H28N2O2. The third-order valence-electron chi connectivity index (χ3n) is 4.30. The third-order valence-corrected chi connectivity index (χ3v) is 4.30. The van der Waals surface area contributed by atoms with Gasteiger partial charge in [-0.1, -0.05) is 39.0 Å². The molecule has 4 heteroatoms. The number of nitrogens with zero attached hydrogens (tertiary/aromatic N) is 1. The van der Waals surface area contributed by atoms with E-state index in [-0.39, 0.29) is 18.4 Å². The molecule has 19 heavy (non-hydrogen) atoms. The maximum Gasteiger partial charge on any atom is 0.239 e. The lowest BCUT2D eigenvalue weighted by Gasteiger charge is -2.29. The van der Waals surface area contributed by atoms with Crippen molar-refractivity contribution in [3.05, 3.63) is 0 Å². The first-order valence-corrected chi connectivity index (χ1v) is 7.56. The molecule has 0 radical (unpaired) electrons. The minimum atomic E-state index is -0.0967. The Bertz CT molecular complexity index is 299. The van der Waals surface area contributed by atoms with Gasteiger partial charge in [-0.05, 0) is 18.8 Å². The Morgan fingerprint density at radius 3 is 2.42 bits per heavy atom. The van der Waals surface area contributed by atoms with Crippen LogP contribution in [-0.4, -0.2) is 36.9 Å². The number of likely N-dealkylation sites (N-methyl/N-ethyl adjacent to an activating group) is 2. The topological polar surface area (TPSA) is 49.4 Å². The predicted octanol–water partition coefficient (Wildman–Crippen LogP) is 2.19. The van der Waals surface area contributed by atoms with E-state index in [1.54, 1.807) is 11.9 Å². The van der Waals surface area contributed by atoms with Crippen molar-refractivity contribution < 1.29 is 9.59 Å². The first kappa shape index (κ1) is 16.0. The molecule has 0 saturated heterocycles. The van der Waals surface area contributed by atoms with Crippen molar-refractivity contribution in [1.29, 1.82) is 0 Å². The minimum Gasteiger partial charge on any atom is -0.358 e. The Morgan fingerprint density at radius 1 is 1.26 bits per heavy atom. The van der Waals surface area contributed by atoms with Crippen LogP contribution in [0.3, 0.4) is 0 Å². The lowest BCUT2D eigenvalue weighted by atomic mass is 9.79. The summed E-state index contributed by atoms with van der Waals surface area (Å²) in [5, 5.41) is 2.57. The summed E-state index contributed by atoms with van der Waals surface area (Å²) < 4.78 is 0. The molecule has 1 aliphatic rings. The van der Waals surface area contributed by atoms with Crippen molar-refractivity contribution >= 4 is 11.8 Å². The van der Waals surface area contributed by atoms with Gasteiger partial charge in [-0.25, -0.2) is 0 Å². The molecule has 4 nitrogen and oxygen atoms in total. The first-order chi connectivity index (χ1) is 9.08. The van der Waals surface area contributed by atoms with E-state index in [1.807, 2.05) is 6.92 Å². The molecule has 1 atom stereocenters. The molecule has 1 saturated carbocycles. The average molecular weight is 268 g/mol. The number of hydrogen-bond acceptors (Lipinski definition) is 2. The molecule has 110 valence electrons. The largest absolute Gasteiger partial charge is 0.358 e. The Kier molecular flexibility index (Phi) is 6.89. The molecule has 1 N–H and O–H groups in total. The fourth-order valence-electron chi connectivity index (χ4n) is 2.90. The van der Waals surface area contributed by atoms with Crippen LogP contribution in [-0.2, 0) is 9.59 Å². The van der Waals surface area contributed by atoms with Gasteiger partial charge in [0, 0.05) is 20.0 Å². The number of carbonyl (C=O) groups excluding carboxylic acids is 2. The second kappa shape index (κ2) is 8.18. The van der Waals surface area contributed by atoms with Gasteiger partial charge < -0.3 is 10.2 Å². The van der Waals surface area contributed by atoms with E-state index in [0.717, 1.165) is 0 Å². The molecular weight excluding hydrogens is 240 g/mol. The number of hydrogen-bond donors (Lipinski definition) is 1. The van der Waals surface area contributed by atoms with Gasteiger partial charge in [0.1, 0.15) is 0 Å². The zero-order valence-electron chi connectivity index (χ0n) is 12.6. The highest BCUT2D eigenvalue weighted by Crippen LogP contribution is 2.31. The molecule has 1 aliphatic carbocycles. The summed E-state index contributed by atoms with van der Waals surface area (Å²) in [6.07, 6.45) is 7.05. The van der Waals surface area contributed by atoms with Crippen molar-refractivity contribution in [2.45, 2.75) is 52.4 Å². The van der Waals surface area contributed by atoms with Crippen LogP contribution in [0.5, 0.6) is 0 Å². The van der Waals surface area contributed by atoms with Crippen molar-refractivity contribution in [1.82, 2.24) is 10.2 Å². The molecule has 0 spiro atoms. The second-order valence-electron chi connectivity index (χ2n) is 5.66. The Morgan fingerprint density at radius 2 is 1.89 bits per heavy atom. The van der Waals surface area contributed by atoms with Gasteiger partial charge >= 0.3 is 0 Å². The maximum atomic E-state index is 12.2. The smallest absolute Gasteiger partial charge is 0.239 e. The zero-order chi connectivity index (χ0) is 14.3. The zero-order valence-corrected chi connectivity index (χ0v) is 12.6. The average Bonchev–Trinajstić information content (AvgIpc) is 2.45. The van der Waals surface area contributed by atoms with Crippen LogP contribution in [0.1, 0.15) is 52.4 Å². The van der Waals surface area contributed by atoms with E-state index < -0.39 is 0 Å². The van der Waals surface area contributed by atoms with Crippen molar-refractivity contribution in [2.24, 2.45) is 11.8 Å². The van der Waals surface area contributed by atoms with E-state index in [2.05, 4.69) is 12.2 Å². The van der Waals surface area contributed by atoms with Crippen LogP contribution in [0.15, 0.2) is 0 Å². The number of rotatable bonds is 6. The Labute approximate surface area is 116 Å². The van der Waals surface area contributed by atoms with Gasteiger partial charge in [0.2, 0.25) is 11.8 Å². The van der Waals surface area contributed by atoms with Gasteiger partial charge in [0.25, 0.3) is 0 Å². The van der Waals surface area contributed by atoms with Crippen LogP contribution < -0.4 is 5.32 Å². The molecule has 0 aliphatic heterocycles. The van der Waals surface area contributed by atoms with Crippen LogP contribution in [0, 0.1) is 11.8 Å². The third kappa shape index (κ3) is 5.21. The van der Waals surface area contributed by atoms with Crippen LogP contribution in [0.4, 0.5) is 0 Å². The SMILES string of the molecule is CCN(CC(=O)NC)C(=O)C[C@H](C)C1CCCCC1. The van der Waals surface area contributed by atoms with E-state index >= 15 is 0 Å². The molecule has 1 fully saturated rings. The van der Waals surface area contributed by atoms with Gasteiger partial charge in [-0.3, -0.25) is 9.59 Å². The van der Waals surface area contributed by atoms with Crippen molar-refractivity contribution in [3.8, 4) is 0 Å². The summed E-state index contributed by atoms with van der Waals surface area (Å²) >= 11 is 0. The van der Waals surface area contributed by atoms with Gasteiger partial charge in [-0.15, -0.1) is 0 Å². The number of amides is 2. The molecule has 0 aromatic rings. The van der Waals surface area contributed by atoms with Gasteiger partial charge in [0.05, 0.1) is 6.54 Å². The molecule has 0 bridgehead atoms. The summed E-state index contributed by atoms with van der Waals surface area (Å²) in [6.45, 7) is 4.89. The molecule has 2 amide bonds. The molecule has 0 aromatic carbocycles. The lowest BCUT2D eigenvalue weighted by Crippen LogP contribution is -2.40. The van der Waals surface area contributed by atoms with Crippen LogP contribution >= 0.6 is 0 Å². The maximum absolute atomic E-state index is 12.2. The van der Waals surface area contributed by atoms with Gasteiger partial charge in [0.15, 0.2) is 0 Å². The van der Waals surface area contributed by atoms with E-state index in [0.29, 0.717) is 24.8 Å². The van der Waals surface area contributed by atoms with Crippen LogP contribution in [0.25, 0.3) is 0 Å². The van der Waals surface area contributed by atoms with Gasteiger partial charge in [-0.2, -0.15) is 0 Å². The quantitative estimate of drug-likeness (QED) is 0.802.